The standard InChI is InChI=1S/C22H28F2N4O2.HI/c1-25-22(27-14-17-6-3-4-9-20(17)30-21(23)24)26-13-16-10-11-28(15-16)18-7-5-8-19(12-18)29-2;/h3-9,12,16,21H,10-11,13-15H2,1-2H3,(H2,25,26,27);1H. The van der Waals surface area contributed by atoms with Crippen LogP contribution in [0.4, 0.5) is 14.5 Å². The first kappa shape index (κ1) is 25.0. The molecule has 1 aliphatic rings. The summed E-state index contributed by atoms with van der Waals surface area (Å²) in [5, 5.41) is 6.50. The minimum atomic E-state index is -2.85. The number of anilines is 1. The number of aliphatic imine (C=N–C) groups is 1. The number of ether oxygens (including phenoxy) is 2. The zero-order valence-electron chi connectivity index (χ0n) is 17.7. The highest BCUT2D eigenvalue weighted by Gasteiger charge is 2.23. The van der Waals surface area contributed by atoms with E-state index < -0.39 is 6.61 Å². The van der Waals surface area contributed by atoms with Crippen LogP contribution in [0, 0.1) is 5.92 Å². The lowest BCUT2D eigenvalue weighted by molar-refractivity contribution is -0.0504. The zero-order chi connectivity index (χ0) is 21.3. The highest BCUT2D eigenvalue weighted by molar-refractivity contribution is 14.0. The van der Waals surface area contributed by atoms with Gasteiger partial charge < -0.3 is 25.0 Å². The van der Waals surface area contributed by atoms with Gasteiger partial charge in [-0.3, -0.25) is 4.99 Å². The van der Waals surface area contributed by atoms with Crippen LogP contribution in [0.15, 0.2) is 53.5 Å². The Morgan fingerprint density at radius 1 is 1.19 bits per heavy atom. The minimum Gasteiger partial charge on any atom is -0.497 e. The zero-order valence-corrected chi connectivity index (χ0v) is 20.0. The molecule has 1 unspecified atom stereocenters. The van der Waals surface area contributed by atoms with Crippen LogP contribution < -0.4 is 25.0 Å². The second-order valence-electron chi connectivity index (χ2n) is 7.10. The number of para-hydroxylation sites is 1. The van der Waals surface area contributed by atoms with Crippen molar-refractivity contribution >= 4 is 35.6 Å². The number of guanidine groups is 1. The van der Waals surface area contributed by atoms with Crippen LogP contribution in [0.5, 0.6) is 11.5 Å². The maximum atomic E-state index is 12.6. The lowest BCUT2D eigenvalue weighted by Gasteiger charge is -2.20. The lowest BCUT2D eigenvalue weighted by atomic mass is 10.1. The monoisotopic (exact) mass is 546 g/mol. The summed E-state index contributed by atoms with van der Waals surface area (Å²) in [5.74, 6) is 2.13. The molecule has 2 aromatic rings. The van der Waals surface area contributed by atoms with Crippen molar-refractivity contribution in [1.29, 1.82) is 0 Å². The van der Waals surface area contributed by atoms with Crippen molar-refractivity contribution in [3.05, 3.63) is 54.1 Å². The molecular formula is C22H29F2IN4O2. The van der Waals surface area contributed by atoms with Crippen LogP contribution >= 0.6 is 24.0 Å². The molecular weight excluding hydrogens is 517 g/mol. The Balaban J connectivity index is 0.00000341. The molecule has 31 heavy (non-hydrogen) atoms. The number of alkyl halides is 2. The summed E-state index contributed by atoms with van der Waals surface area (Å²) < 4.78 is 35.0. The van der Waals surface area contributed by atoms with Gasteiger partial charge in [-0.25, -0.2) is 0 Å². The smallest absolute Gasteiger partial charge is 0.387 e. The minimum absolute atomic E-state index is 0. The van der Waals surface area contributed by atoms with E-state index >= 15 is 0 Å². The van der Waals surface area contributed by atoms with Crippen molar-refractivity contribution in [2.75, 3.05) is 38.7 Å². The predicted molar refractivity (Wildman–Crippen MR) is 130 cm³/mol. The number of halogens is 3. The van der Waals surface area contributed by atoms with E-state index in [-0.39, 0.29) is 29.7 Å². The van der Waals surface area contributed by atoms with Crippen LogP contribution in [0.2, 0.25) is 0 Å². The first-order chi connectivity index (χ1) is 14.6. The van der Waals surface area contributed by atoms with E-state index in [0.717, 1.165) is 37.5 Å². The summed E-state index contributed by atoms with van der Waals surface area (Å²) in [6.45, 7) is 0.198. The Labute approximate surface area is 199 Å². The number of nitrogens with one attached hydrogen (secondary N) is 2. The molecule has 2 aromatic carbocycles. The third-order valence-electron chi connectivity index (χ3n) is 5.12. The Morgan fingerprint density at radius 3 is 2.74 bits per heavy atom. The molecule has 0 saturated carbocycles. The van der Waals surface area contributed by atoms with E-state index in [9.17, 15) is 8.78 Å². The molecule has 2 N–H and O–H groups in total. The summed E-state index contributed by atoms with van der Waals surface area (Å²) in [6, 6.07) is 14.8. The molecule has 0 aliphatic carbocycles. The third kappa shape index (κ3) is 7.41. The predicted octanol–water partition coefficient (Wildman–Crippen LogP) is 4.11. The molecule has 1 aliphatic heterocycles. The van der Waals surface area contributed by atoms with Gasteiger partial charge in [0.25, 0.3) is 0 Å². The summed E-state index contributed by atoms with van der Waals surface area (Å²) in [4.78, 5) is 6.58. The van der Waals surface area contributed by atoms with Crippen LogP contribution in [0.1, 0.15) is 12.0 Å². The molecule has 3 rings (SSSR count). The van der Waals surface area contributed by atoms with Gasteiger partial charge >= 0.3 is 6.61 Å². The Morgan fingerprint density at radius 2 is 2.00 bits per heavy atom. The van der Waals surface area contributed by atoms with Crippen molar-refractivity contribution < 1.29 is 18.3 Å². The maximum Gasteiger partial charge on any atom is 0.387 e. The van der Waals surface area contributed by atoms with Gasteiger partial charge in [0.1, 0.15) is 11.5 Å². The van der Waals surface area contributed by atoms with Gasteiger partial charge in [-0.2, -0.15) is 8.78 Å². The molecule has 1 atom stereocenters. The van der Waals surface area contributed by atoms with Crippen LogP contribution in [-0.2, 0) is 6.54 Å². The largest absolute Gasteiger partial charge is 0.497 e. The Hall–Kier alpha value is -2.30. The molecule has 6 nitrogen and oxygen atoms in total. The van der Waals surface area contributed by atoms with Crippen molar-refractivity contribution in [2.24, 2.45) is 10.9 Å². The van der Waals surface area contributed by atoms with E-state index in [1.807, 2.05) is 12.1 Å². The molecule has 1 fully saturated rings. The summed E-state index contributed by atoms with van der Waals surface area (Å²) >= 11 is 0. The van der Waals surface area contributed by atoms with Crippen molar-refractivity contribution in [3.8, 4) is 11.5 Å². The van der Waals surface area contributed by atoms with E-state index in [1.165, 1.54) is 6.07 Å². The van der Waals surface area contributed by atoms with Gasteiger partial charge in [-0.1, -0.05) is 24.3 Å². The summed E-state index contributed by atoms with van der Waals surface area (Å²) in [6.07, 6.45) is 1.08. The molecule has 0 spiro atoms. The number of hydrogen-bond donors (Lipinski definition) is 2. The SMILES string of the molecule is CN=C(NCc1ccccc1OC(F)F)NCC1CCN(c2cccc(OC)c2)C1.I. The van der Waals surface area contributed by atoms with Gasteiger partial charge in [0.2, 0.25) is 0 Å². The Kier molecular flexibility index (Phi) is 10.1. The Bertz CT molecular complexity index is 854. The normalized spacial score (nSPS) is 16.1. The van der Waals surface area contributed by atoms with Gasteiger partial charge in [-0.15, -0.1) is 24.0 Å². The average Bonchev–Trinajstić information content (AvgIpc) is 3.23. The number of rotatable bonds is 8. The first-order valence-corrected chi connectivity index (χ1v) is 9.95. The fourth-order valence-electron chi connectivity index (χ4n) is 3.54. The fraction of sp³-hybridized carbons (Fsp3) is 0.409. The highest BCUT2D eigenvalue weighted by atomic mass is 127. The number of nitrogens with zero attached hydrogens (tertiary/aromatic N) is 2. The van der Waals surface area contributed by atoms with Crippen LogP contribution in [-0.4, -0.2) is 46.4 Å². The second-order valence-corrected chi connectivity index (χ2v) is 7.10. The van der Waals surface area contributed by atoms with Crippen molar-refractivity contribution in [1.82, 2.24) is 10.6 Å². The lowest BCUT2D eigenvalue weighted by Crippen LogP contribution is -2.40. The maximum absolute atomic E-state index is 12.6. The van der Waals surface area contributed by atoms with E-state index in [0.29, 0.717) is 24.0 Å². The average molecular weight is 546 g/mol. The first-order valence-electron chi connectivity index (χ1n) is 9.95. The topological polar surface area (TPSA) is 58.1 Å². The number of hydrogen-bond acceptors (Lipinski definition) is 4. The van der Waals surface area contributed by atoms with Gasteiger partial charge in [0.15, 0.2) is 5.96 Å². The second kappa shape index (κ2) is 12.5. The third-order valence-corrected chi connectivity index (χ3v) is 5.12. The number of benzene rings is 2. The van der Waals surface area contributed by atoms with E-state index in [2.05, 4.69) is 37.4 Å². The molecule has 0 amide bonds. The van der Waals surface area contributed by atoms with E-state index in [1.54, 1.807) is 32.4 Å². The number of methoxy groups -OCH3 is 1. The molecule has 1 heterocycles. The van der Waals surface area contributed by atoms with Crippen molar-refractivity contribution in [3.63, 3.8) is 0 Å². The molecule has 170 valence electrons. The molecule has 9 heteroatoms. The van der Waals surface area contributed by atoms with Gasteiger partial charge in [0.05, 0.1) is 7.11 Å². The molecule has 0 radical (unpaired) electrons. The molecule has 1 saturated heterocycles. The van der Waals surface area contributed by atoms with E-state index in [4.69, 9.17) is 4.74 Å². The van der Waals surface area contributed by atoms with Crippen LogP contribution in [0.3, 0.4) is 0 Å². The summed E-state index contributed by atoms with van der Waals surface area (Å²) in [5.41, 5.74) is 1.81. The highest BCUT2D eigenvalue weighted by Crippen LogP contribution is 2.26. The summed E-state index contributed by atoms with van der Waals surface area (Å²) in [7, 11) is 3.36. The molecule has 0 aromatic heterocycles. The fourth-order valence-corrected chi connectivity index (χ4v) is 3.54. The van der Waals surface area contributed by atoms with Crippen molar-refractivity contribution in [2.45, 2.75) is 19.6 Å². The van der Waals surface area contributed by atoms with Crippen LogP contribution in [0.25, 0.3) is 0 Å². The van der Waals surface area contributed by atoms with Gasteiger partial charge in [-0.05, 0) is 30.5 Å². The molecule has 0 bridgehead atoms. The quantitative estimate of drug-likeness (QED) is 0.297. The van der Waals surface area contributed by atoms with Gasteiger partial charge in [0, 0.05) is 50.5 Å².